The molecule has 1 radical (unpaired) electrons. The number of hydrogen-bond donors (Lipinski definition) is 0. The third-order valence-electron chi connectivity index (χ3n) is 0.849. The minimum Gasteiger partial charge on any atom is -0.246 e. The number of carbonyl (C=O) groups excluding carboxylic acids is 1. The second kappa shape index (κ2) is 3.96. The Balaban J connectivity index is 3.75. The summed E-state index contributed by atoms with van der Waals surface area (Å²) in [6, 6.07) is 0. The van der Waals surface area contributed by atoms with Crippen molar-refractivity contribution in [3.05, 3.63) is 0 Å². The molecule has 0 aliphatic rings. The van der Waals surface area contributed by atoms with Gasteiger partial charge >= 0.3 is 5.97 Å². The first-order valence-electron chi connectivity index (χ1n) is 2.87. The van der Waals surface area contributed by atoms with E-state index in [1.165, 1.54) is 6.92 Å². The third kappa shape index (κ3) is 3.60. The van der Waals surface area contributed by atoms with Crippen LogP contribution in [0.4, 0.5) is 0 Å². The van der Waals surface area contributed by atoms with E-state index in [0.717, 1.165) is 0 Å². The van der Waals surface area contributed by atoms with Crippen LogP contribution in [0.2, 0.25) is 0 Å². The first-order chi connectivity index (χ1) is 4.18. The second-order valence-corrected chi connectivity index (χ2v) is 1.72. The minimum absolute atomic E-state index is 0.634. The van der Waals surface area contributed by atoms with Crippen LogP contribution in [0, 0.1) is 17.8 Å². The van der Waals surface area contributed by atoms with Gasteiger partial charge in [0.05, 0.1) is 0 Å². The molecule has 0 amide bonds. The normalized spacial score (nSPS) is 11.3. The van der Waals surface area contributed by atoms with Crippen molar-refractivity contribution >= 4 is 5.97 Å². The lowest BCUT2D eigenvalue weighted by Gasteiger charge is -1.87. The number of carbonyl (C=O) groups is 1. The molecule has 0 spiro atoms. The molecule has 1 atom stereocenters. The van der Waals surface area contributed by atoms with Gasteiger partial charge in [0, 0.05) is 6.42 Å². The first kappa shape index (κ1) is 8.03. The van der Waals surface area contributed by atoms with E-state index in [0.29, 0.717) is 6.42 Å². The highest BCUT2D eigenvalue weighted by molar-refractivity contribution is 5.72. The van der Waals surface area contributed by atoms with Crippen molar-refractivity contribution in [2.24, 2.45) is 5.92 Å². The van der Waals surface area contributed by atoms with Crippen LogP contribution in [-0.4, -0.2) is 5.97 Å². The van der Waals surface area contributed by atoms with Gasteiger partial charge in [-0.25, -0.2) is 9.90 Å². The smallest absolute Gasteiger partial charge is 0.246 e. The monoisotopic (exact) mass is 125 g/mol. The fourth-order valence-electron chi connectivity index (χ4n) is 0.314. The second-order valence-electron chi connectivity index (χ2n) is 1.72. The molecular formula is C7H9O2. The van der Waals surface area contributed by atoms with E-state index in [9.17, 15) is 9.90 Å². The Bertz CT molecular complexity index is 150. The van der Waals surface area contributed by atoms with Crippen LogP contribution in [0.15, 0.2) is 0 Å². The van der Waals surface area contributed by atoms with E-state index in [1.54, 1.807) is 0 Å². The van der Waals surface area contributed by atoms with Gasteiger partial charge < -0.3 is 0 Å². The van der Waals surface area contributed by atoms with Crippen molar-refractivity contribution in [1.29, 1.82) is 0 Å². The fraction of sp³-hybridized carbons (Fsp3) is 0.571. The van der Waals surface area contributed by atoms with Crippen molar-refractivity contribution in [1.82, 2.24) is 0 Å². The Morgan fingerprint density at radius 2 is 2.22 bits per heavy atom. The van der Waals surface area contributed by atoms with Gasteiger partial charge in [0.2, 0.25) is 0 Å². The summed E-state index contributed by atoms with van der Waals surface area (Å²) < 4.78 is 0. The molecule has 0 bridgehead atoms. The highest BCUT2D eigenvalue weighted by Crippen LogP contribution is 1.90. The Morgan fingerprint density at radius 1 is 1.67 bits per heavy atom. The van der Waals surface area contributed by atoms with E-state index in [1.807, 2.05) is 6.92 Å². The maximum atomic E-state index is 9.99. The summed E-state index contributed by atoms with van der Waals surface area (Å²) in [5.41, 5.74) is 0. The molecule has 0 aliphatic heterocycles. The topological polar surface area (TPSA) is 37.0 Å². The molecule has 49 valence electrons. The summed E-state index contributed by atoms with van der Waals surface area (Å²) in [5, 5.41) is 9.99. The van der Waals surface area contributed by atoms with E-state index in [-0.39, 0.29) is 0 Å². The highest BCUT2D eigenvalue weighted by Gasteiger charge is 2.07. The van der Waals surface area contributed by atoms with Gasteiger partial charge in [0.15, 0.2) is 0 Å². The molecule has 0 N–H and O–H groups in total. The summed E-state index contributed by atoms with van der Waals surface area (Å²) in [6.07, 6.45) is 0.692. The van der Waals surface area contributed by atoms with Crippen LogP contribution in [0.5, 0.6) is 0 Å². The minimum atomic E-state index is -1.10. The largest absolute Gasteiger partial charge is 0.370 e. The molecule has 0 aromatic heterocycles. The van der Waals surface area contributed by atoms with E-state index < -0.39 is 11.9 Å². The standard InChI is InChI=1S/C7H9O2/c1-3-4-5-6(2)7(8)9/h6H,3H2,1-2H3. The van der Waals surface area contributed by atoms with Crippen molar-refractivity contribution in [2.45, 2.75) is 20.3 Å². The predicted octanol–water partition coefficient (Wildman–Crippen LogP) is 0.993. The molecule has 0 saturated carbocycles. The van der Waals surface area contributed by atoms with Gasteiger partial charge in [-0.1, -0.05) is 12.8 Å². The zero-order valence-corrected chi connectivity index (χ0v) is 5.60. The zero-order chi connectivity index (χ0) is 7.28. The maximum absolute atomic E-state index is 9.99. The Hall–Kier alpha value is -0.970. The zero-order valence-electron chi connectivity index (χ0n) is 5.60. The molecule has 0 aromatic rings. The molecule has 0 rings (SSSR count). The summed E-state index contributed by atoms with van der Waals surface area (Å²) in [4.78, 5) is 9.99. The van der Waals surface area contributed by atoms with Gasteiger partial charge in [-0.2, -0.15) is 0 Å². The van der Waals surface area contributed by atoms with Gasteiger partial charge in [0.1, 0.15) is 5.92 Å². The van der Waals surface area contributed by atoms with Crippen molar-refractivity contribution in [3.8, 4) is 11.8 Å². The van der Waals surface area contributed by atoms with Crippen LogP contribution in [0.1, 0.15) is 20.3 Å². The van der Waals surface area contributed by atoms with Crippen LogP contribution in [0.25, 0.3) is 0 Å². The lowest BCUT2D eigenvalue weighted by atomic mass is 10.2. The average molecular weight is 125 g/mol. The quantitative estimate of drug-likeness (QED) is 0.481. The molecule has 9 heavy (non-hydrogen) atoms. The van der Waals surface area contributed by atoms with Crippen molar-refractivity contribution in [2.75, 3.05) is 0 Å². The van der Waals surface area contributed by atoms with Gasteiger partial charge in [0.25, 0.3) is 0 Å². The van der Waals surface area contributed by atoms with Crippen LogP contribution in [-0.2, 0) is 9.90 Å². The number of rotatable bonds is 1. The lowest BCUT2D eigenvalue weighted by molar-refractivity contribution is -0.145. The molecule has 1 unspecified atom stereocenters. The lowest BCUT2D eigenvalue weighted by Crippen LogP contribution is -2.04. The molecule has 0 heterocycles. The van der Waals surface area contributed by atoms with Crippen LogP contribution < -0.4 is 0 Å². The Morgan fingerprint density at radius 3 is 2.56 bits per heavy atom. The summed E-state index contributed by atoms with van der Waals surface area (Å²) >= 11 is 0. The third-order valence-corrected chi connectivity index (χ3v) is 0.849. The predicted molar refractivity (Wildman–Crippen MR) is 32.9 cm³/mol. The molecule has 2 nitrogen and oxygen atoms in total. The first-order valence-corrected chi connectivity index (χ1v) is 2.87. The van der Waals surface area contributed by atoms with E-state index in [2.05, 4.69) is 11.8 Å². The van der Waals surface area contributed by atoms with Crippen LogP contribution in [0.3, 0.4) is 0 Å². The van der Waals surface area contributed by atoms with Gasteiger partial charge in [-0.3, -0.25) is 0 Å². The fourth-order valence-corrected chi connectivity index (χ4v) is 0.314. The van der Waals surface area contributed by atoms with E-state index >= 15 is 0 Å². The molecule has 0 aliphatic carbocycles. The Labute approximate surface area is 54.9 Å². The molecule has 2 heteroatoms. The Kier molecular flexibility index (Phi) is 3.54. The summed E-state index contributed by atoms with van der Waals surface area (Å²) in [5.74, 6) is 3.44. The van der Waals surface area contributed by atoms with Crippen molar-refractivity contribution < 1.29 is 9.90 Å². The van der Waals surface area contributed by atoms with Gasteiger partial charge in [-0.05, 0) is 6.92 Å². The van der Waals surface area contributed by atoms with Gasteiger partial charge in [-0.15, -0.1) is 5.92 Å². The summed E-state index contributed by atoms with van der Waals surface area (Å²) in [7, 11) is 0. The molecular weight excluding hydrogens is 116 g/mol. The molecule has 0 saturated heterocycles. The number of hydrogen-bond acceptors (Lipinski definition) is 1. The maximum Gasteiger partial charge on any atom is 0.370 e. The SMILES string of the molecule is CCC#CC(C)C([O])=O. The average Bonchev–Trinajstić information content (AvgIpc) is 1.82. The highest BCUT2D eigenvalue weighted by atomic mass is 16.4. The molecule has 0 fully saturated rings. The van der Waals surface area contributed by atoms with Crippen LogP contribution >= 0.6 is 0 Å². The summed E-state index contributed by atoms with van der Waals surface area (Å²) in [6.45, 7) is 3.38. The molecule has 0 aromatic carbocycles. The van der Waals surface area contributed by atoms with E-state index in [4.69, 9.17) is 0 Å². The van der Waals surface area contributed by atoms with Crippen molar-refractivity contribution in [3.63, 3.8) is 0 Å².